The van der Waals surface area contributed by atoms with Crippen LogP contribution in [0.4, 0.5) is 13.2 Å². The molecule has 0 bridgehead atoms. The lowest BCUT2D eigenvalue weighted by molar-refractivity contribution is -0.303. The molecule has 0 saturated carbocycles. The highest BCUT2D eigenvalue weighted by molar-refractivity contribution is 5.87. The number of halogens is 3. The molecule has 20 heavy (non-hydrogen) atoms. The van der Waals surface area contributed by atoms with Gasteiger partial charge in [-0.3, -0.25) is 0 Å². The summed E-state index contributed by atoms with van der Waals surface area (Å²) in [6.45, 7) is 3.53. The zero-order valence-electron chi connectivity index (χ0n) is 12.4. The summed E-state index contributed by atoms with van der Waals surface area (Å²) in [4.78, 5) is 11.0. The molecule has 0 fully saturated rings. The molecule has 0 aliphatic carbocycles. The van der Waals surface area contributed by atoms with Crippen molar-refractivity contribution in [2.45, 2.75) is 78.0 Å². The summed E-state index contributed by atoms with van der Waals surface area (Å²) in [5.41, 5.74) is 0.0188. The first kappa shape index (κ1) is 19.0. The van der Waals surface area contributed by atoms with Crippen molar-refractivity contribution in [2.75, 3.05) is 0 Å². The molecule has 0 aromatic rings. The Kier molecular flexibility index (Phi) is 10.2. The lowest BCUT2D eigenvalue weighted by Gasteiger charge is -2.07. The molecule has 0 aliphatic heterocycles. The Labute approximate surface area is 119 Å². The first-order chi connectivity index (χ1) is 9.37. The molecule has 0 rings (SSSR count). The molecule has 5 heteroatoms. The first-order valence-corrected chi connectivity index (χ1v) is 7.33. The predicted molar refractivity (Wildman–Crippen MR) is 73.1 cm³/mol. The maximum atomic E-state index is 11.8. The fourth-order valence-corrected chi connectivity index (χ4v) is 1.87. The van der Waals surface area contributed by atoms with Gasteiger partial charge in [-0.1, -0.05) is 57.9 Å². The van der Waals surface area contributed by atoms with Crippen molar-refractivity contribution in [2.24, 2.45) is 0 Å². The van der Waals surface area contributed by atoms with E-state index in [1.807, 2.05) is 0 Å². The van der Waals surface area contributed by atoms with Crippen LogP contribution in [0.1, 0.15) is 71.6 Å². The number of carbonyl (C=O) groups excluding carboxylic acids is 1. The van der Waals surface area contributed by atoms with Crippen LogP contribution in [0.2, 0.25) is 0 Å². The summed E-state index contributed by atoms with van der Waals surface area (Å²) >= 11 is 0. The molecule has 0 spiro atoms. The zero-order valence-corrected chi connectivity index (χ0v) is 12.4. The summed E-state index contributed by atoms with van der Waals surface area (Å²) in [6, 6.07) is 0. The third-order valence-corrected chi connectivity index (χ3v) is 3.04. The highest BCUT2D eigenvalue weighted by Crippen LogP contribution is 2.18. The number of alkyl halides is 3. The second kappa shape index (κ2) is 10.7. The van der Waals surface area contributed by atoms with Gasteiger partial charge in [-0.05, 0) is 19.8 Å². The summed E-state index contributed by atoms with van der Waals surface area (Å²) in [5.74, 6) is -1.31. The first-order valence-electron chi connectivity index (χ1n) is 7.33. The molecule has 0 atom stereocenters. The van der Waals surface area contributed by atoms with E-state index in [-0.39, 0.29) is 5.57 Å². The molecule has 0 aromatic heterocycles. The third-order valence-electron chi connectivity index (χ3n) is 3.04. The van der Waals surface area contributed by atoms with Gasteiger partial charge >= 0.3 is 12.3 Å². The Hall–Kier alpha value is -1.00. The van der Waals surface area contributed by atoms with Gasteiger partial charge in [0.25, 0.3) is 0 Å². The van der Waals surface area contributed by atoms with Crippen molar-refractivity contribution in [1.29, 1.82) is 0 Å². The molecule has 2 nitrogen and oxygen atoms in total. The van der Waals surface area contributed by atoms with E-state index in [1.54, 1.807) is 0 Å². The van der Waals surface area contributed by atoms with Crippen LogP contribution in [0, 0.1) is 0 Å². The third kappa shape index (κ3) is 12.1. The number of carbonyl (C=O) groups is 1. The number of allylic oxidation sites excluding steroid dienone is 1. The van der Waals surface area contributed by atoms with Crippen LogP contribution in [-0.4, -0.2) is 12.3 Å². The van der Waals surface area contributed by atoms with Crippen LogP contribution < -0.4 is 0 Å². The van der Waals surface area contributed by atoms with Crippen LogP contribution in [0.15, 0.2) is 11.6 Å². The van der Waals surface area contributed by atoms with E-state index >= 15 is 0 Å². The highest BCUT2D eigenvalue weighted by Gasteiger charge is 2.34. The Morgan fingerprint density at radius 3 is 2.00 bits per heavy atom. The number of hydrogen-bond acceptors (Lipinski definition) is 2. The second-order valence-electron chi connectivity index (χ2n) is 4.99. The molecule has 0 N–H and O–H groups in total. The lowest BCUT2D eigenvalue weighted by Crippen LogP contribution is -2.19. The average molecular weight is 294 g/mol. The molecule has 0 saturated heterocycles. The molecular weight excluding hydrogens is 269 g/mol. The molecule has 118 valence electrons. The predicted octanol–water partition coefficient (Wildman–Crippen LogP) is 5.53. The monoisotopic (exact) mass is 294 g/mol. The normalized spacial score (nSPS) is 12.6. The van der Waals surface area contributed by atoms with E-state index in [4.69, 9.17) is 0 Å². The maximum absolute atomic E-state index is 11.8. The zero-order chi connectivity index (χ0) is 15.4. The van der Waals surface area contributed by atoms with Gasteiger partial charge in [-0.15, -0.1) is 13.2 Å². The number of ether oxygens (including phenoxy) is 1. The number of unbranched alkanes of at least 4 members (excludes halogenated alkanes) is 8. The van der Waals surface area contributed by atoms with Crippen molar-refractivity contribution in [1.82, 2.24) is 0 Å². The van der Waals surface area contributed by atoms with Crippen molar-refractivity contribution in [3.8, 4) is 0 Å². The lowest BCUT2D eigenvalue weighted by atomic mass is 10.1. The largest absolute Gasteiger partial charge is 0.575 e. The van der Waals surface area contributed by atoms with Crippen LogP contribution in [0.25, 0.3) is 0 Å². The van der Waals surface area contributed by atoms with E-state index < -0.39 is 12.3 Å². The summed E-state index contributed by atoms with van der Waals surface area (Å²) in [6.07, 6.45) is 6.57. The van der Waals surface area contributed by atoms with Gasteiger partial charge in [-0.2, -0.15) is 0 Å². The smallest absolute Gasteiger partial charge is 0.369 e. The quantitative estimate of drug-likeness (QED) is 0.301. The SMILES string of the molecule is CCCCCCCCCCC=C(C)C(=O)OC(F)(F)F. The van der Waals surface area contributed by atoms with Crippen molar-refractivity contribution >= 4 is 5.97 Å². The molecular formula is C15H25F3O2. The molecule has 0 radical (unpaired) electrons. The maximum Gasteiger partial charge on any atom is 0.575 e. The van der Waals surface area contributed by atoms with E-state index in [9.17, 15) is 18.0 Å². The number of hydrogen-bond donors (Lipinski definition) is 0. The topological polar surface area (TPSA) is 26.3 Å². The van der Waals surface area contributed by atoms with Crippen molar-refractivity contribution < 1.29 is 22.7 Å². The number of rotatable bonds is 10. The van der Waals surface area contributed by atoms with Gasteiger partial charge in [0.15, 0.2) is 0 Å². The molecule has 0 aromatic carbocycles. The minimum atomic E-state index is -4.90. The van der Waals surface area contributed by atoms with E-state index in [2.05, 4.69) is 11.7 Å². The minimum Gasteiger partial charge on any atom is -0.369 e. The van der Waals surface area contributed by atoms with Gasteiger partial charge in [0, 0.05) is 5.57 Å². The standard InChI is InChI=1S/C15H25F3O2/c1-3-4-5-6-7-8-9-10-11-12-13(2)14(19)20-15(16,17)18/h12H,3-11H2,1-2H3. The highest BCUT2D eigenvalue weighted by atomic mass is 19.4. The van der Waals surface area contributed by atoms with Crippen LogP contribution >= 0.6 is 0 Å². The van der Waals surface area contributed by atoms with E-state index in [0.29, 0.717) is 6.42 Å². The van der Waals surface area contributed by atoms with Gasteiger partial charge in [-0.25, -0.2) is 4.79 Å². The Balaban J connectivity index is 3.61. The average Bonchev–Trinajstić information content (AvgIpc) is 2.34. The van der Waals surface area contributed by atoms with Crippen LogP contribution in [0.5, 0.6) is 0 Å². The fraction of sp³-hybridized carbons (Fsp3) is 0.800. The Morgan fingerprint density at radius 1 is 1.00 bits per heavy atom. The van der Waals surface area contributed by atoms with Crippen molar-refractivity contribution in [3.63, 3.8) is 0 Å². The summed E-state index contributed by atoms with van der Waals surface area (Å²) in [7, 11) is 0. The van der Waals surface area contributed by atoms with Gasteiger partial charge in [0.1, 0.15) is 0 Å². The minimum absolute atomic E-state index is 0.0188. The fourth-order valence-electron chi connectivity index (χ4n) is 1.87. The summed E-state index contributed by atoms with van der Waals surface area (Å²) in [5, 5.41) is 0. The van der Waals surface area contributed by atoms with Crippen LogP contribution in [0.3, 0.4) is 0 Å². The molecule has 0 aliphatic rings. The van der Waals surface area contributed by atoms with E-state index in [1.165, 1.54) is 45.1 Å². The Morgan fingerprint density at radius 2 is 1.50 bits per heavy atom. The van der Waals surface area contributed by atoms with Gasteiger partial charge in [0.05, 0.1) is 0 Å². The van der Waals surface area contributed by atoms with Crippen LogP contribution in [-0.2, 0) is 9.53 Å². The molecule has 0 heterocycles. The molecule has 0 unspecified atom stereocenters. The van der Waals surface area contributed by atoms with Crippen molar-refractivity contribution in [3.05, 3.63) is 11.6 Å². The Bertz CT molecular complexity index is 296. The van der Waals surface area contributed by atoms with Gasteiger partial charge < -0.3 is 4.74 Å². The van der Waals surface area contributed by atoms with E-state index in [0.717, 1.165) is 19.3 Å². The second-order valence-corrected chi connectivity index (χ2v) is 4.99. The number of esters is 1. The van der Waals surface area contributed by atoms with Gasteiger partial charge in [0.2, 0.25) is 0 Å². The summed E-state index contributed by atoms with van der Waals surface area (Å²) < 4.78 is 38.8. The molecule has 0 amide bonds.